The lowest BCUT2D eigenvalue weighted by Gasteiger charge is -2.28. The van der Waals surface area contributed by atoms with Gasteiger partial charge in [0.2, 0.25) is 5.95 Å². The second-order valence-electron chi connectivity index (χ2n) is 9.43. The Morgan fingerprint density at radius 1 is 0.907 bits per heavy atom. The standard InChI is InChI=1S/C28H23FN8O5S/c29-20-4-6-22(7-5-20)43(40,41)36-21-3-1-2-17(12-21)18-13-23-24(30-14-18)26(37-8-10-42-11-9-37)34-25(33-23)19-15-31-27(32-16-19)35-28(38)39/h1-7,12-16,36H,8-11H2,(H,38,39)(H,31,32,35). The van der Waals surface area contributed by atoms with Crippen LogP contribution in [0.1, 0.15) is 0 Å². The van der Waals surface area contributed by atoms with Crippen molar-refractivity contribution in [1.82, 2.24) is 24.9 Å². The first-order chi connectivity index (χ1) is 20.7. The number of aromatic nitrogens is 5. The van der Waals surface area contributed by atoms with Crippen molar-refractivity contribution in [1.29, 1.82) is 0 Å². The van der Waals surface area contributed by atoms with Crippen molar-refractivity contribution in [2.45, 2.75) is 4.90 Å². The third kappa shape index (κ3) is 6.17. The van der Waals surface area contributed by atoms with Crippen molar-refractivity contribution in [3.63, 3.8) is 0 Å². The number of sulfonamides is 1. The highest BCUT2D eigenvalue weighted by molar-refractivity contribution is 7.92. The summed E-state index contributed by atoms with van der Waals surface area (Å²) in [5.74, 6) is 0.302. The van der Waals surface area contributed by atoms with E-state index in [1.54, 1.807) is 24.4 Å². The summed E-state index contributed by atoms with van der Waals surface area (Å²) < 4.78 is 47.0. The molecule has 218 valence electrons. The van der Waals surface area contributed by atoms with Gasteiger partial charge in [-0.25, -0.2) is 37.5 Å². The number of amides is 1. The molecule has 0 atom stereocenters. The van der Waals surface area contributed by atoms with E-state index < -0.39 is 21.9 Å². The summed E-state index contributed by atoms with van der Waals surface area (Å²) in [5.41, 5.74) is 3.21. The normalized spacial score (nSPS) is 13.6. The van der Waals surface area contributed by atoms with E-state index in [-0.39, 0.29) is 10.8 Å². The highest BCUT2D eigenvalue weighted by Crippen LogP contribution is 2.31. The van der Waals surface area contributed by atoms with Crippen molar-refractivity contribution in [3.05, 3.63) is 79.0 Å². The number of nitrogens with zero attached hydrogens (tertiary/aromatic N) is 6. The molecule has 1 saturated heterocycles. The Morgan fingerprint density at radius 2 is 1.63 bits per heavy atom. The van der Waals surface area contributed by atoms with Crippen LogP contribution in [0.4, 0.5) is 26.6 Å². The fourth-order valence-corrected chi connectivity index (χ4v) is 5.53. The first kappa shape index (κ1) is 27.9. The average Bonchev–Trinajstić information content (AvgIpc) is 3.01. The van der Waals surface area contributed by atoms with Crippen LogP contribution in [0.25, 0.3) is 33.5 Å². The number of morpholine rings is 1. The van der Waals surface area contributed by atoms with Crippen LogP contribution in [0.5, 0.6) is 0 Å². The molecule has 13 nitrogen and oxygen atoms in total. The molecule has 3 aromatic heterocycles. The highest BCUT2D eigenvalue weighted by Gasteiger charge is 2.20. The van der Waals surface area contributed by atoms with E-state index in [1.807, 2.05) is 12.1 Å². The van der Waals surface area contributed by atoms with Crippen LogP contribution in [-0.4, -0.2) is 70.8 Å². The first-order valence-electron chi connectivity index (χ1n) is 13.0. The molecule has 1 fully saturated rings. The summed E-state index contributed by atoms with van der Waals surface area (Å²) in [6.45, 7) is 2.25. The smallest absolute Gasteiger partial charge is 0.411 e. The molecule has 0 radical (unpaired) electrons. The number of halogens is 1. The second kappa shape index (κ2) is 11.5. The number of hydrogen-bond acceptors (Lipinski definition) is 10. The summed E-state index contributed by atoms with van der Waals surface area (Å²) in [5, 5.41) is 11.0. The van der Waals surface area contributed by atoms with Gasteiger partial charge in [-0.2, -0.15) is 0 Å². The fourth-order valence-electron chi connectivity index (χ4n) is 4.48. The molecule has 1 amide bonds. The van der Waals surface area contributed by atoms with Crippen LogP contribution >= 0.6 is 0 Å². The SMILES string of the molecule is O=C(O)Nc1ncc(-c2nc(N3CCOCC3)c3ncc(-c4cccc(NS(=O)(=O)c5ccc(F)cc5)c4)cc3n2)cn1. The molecule has 0 unspecified atom stereocenters. The van der Waals surface area contributed by atoms with E-state index in [0.717, 1.165) is 12.1 Å². The van der Waals surface area contributed by atoms with Crippen molar-refractivity contribution in [2.24, 2.45) is 0 Å². The van der Waals surface area contributed by atoms with Crippen LogP contribution in [-0.2, 0) is 14.8 Å². The number of ether oxygens (including phenoxy) is 1. The average molecular weight is 603 g/mol. The van der Waals surface area contributed by atoms with Gasteiger partial charge in [0.15, 0.2) is 11.6 Å². The van der Waals surface area contributed by atoms with Gasteiger partial charge in [-0.3, -0.25) is 15.0 Å². The molecule has 3 N–H and O–H groups in total. The van der Waals surface area contributed by atoms with Crippen LogP contribution in [0.15, 0.2) is 78.1 Å². The summed E-state index contributed by atoms with van der Waals surface area (Å²) in [6, 6.07) is 13.2. The zero-order chi connectivity index (χ0) is 30.0. The lowest BCUT2D eigenvalue weighted by molar-refractivity contribution is 0.122. The fraction of sp³-hybridized carbons (Fsp3) is 0.143. The van der Waals surface area contributed by atoms with Crippen LogP contribution in [0.2, 0.25) is 0 Å². The predicted octanol–water partition coefficient (Wildman–Crippen LogP) is 4.02. The second-order valence-corrected chi connectivity index (χ2v) is 11.1. The Hall–Kier alpha value is -5.28. The molecule has 4 heterocycles. The lowest BCUT2D eigenvalue weighted by Crippen LogP contribution is -2.37. The third-order valence-electron chi connectivity index (χ3n) is 6.53. The van der Waals surface area contributed by atoms with E-state index in [1.165, 1.54) is 24.5 Å². The molecule has 6 rings (SSSR count). The van der Waals surface area contributed by atoms with Crippen LogP contribution in [0.3, 0.4) is 0 Å². The Bertz CT molecular complexity index is 1920. The van der Waals surface area contributed by atoms with Gasteiger partial charge in [0, 0.05) is 42.9 Å². The number of anilines is 3. The topological polar surface area (TPSA) is 172 Å². The largest absolute Gasteiger partial charge is 0.465 e. The molecule has 0 spiro atoms. The maximum Gasteiger partial charge on any atom is 0.411 e. The molecule has 5 aromatic rings. The Kier molecular flexibility index (Phi) is 7.48. The van der Waals surface area contributed by atoms with E-state index in [0.29, 0.717) is 71.4 Å². The number of fused-ring (bicyclic) bond motifs is 1. The molecule has 1 aliphatic heterocycles. The zero-order valence-electron chi connectivity index (χ0n) is 22.3. The van der Waals surface area contributed by atoms with E-state index >= 15 is 0 Å². The maximum atomic E-state index is 13.3. The van der Waals surface area contributed by atoms with Gasteiger partial charge in [0.1, 0.15) is 11.3 Å². The summed E-state index contributed by atoms with van der Waals surface area (Å²) in [6.07, 6.45) is 3.24. The minimum absolute atomic E-state index is 0.0673. The van der Waals surface area contributed by atoms with Crippen LogP contribution < -0.4 is 14.9 Å². The van der Waals surface area contributed by atoms with Gasteiger partial charge in [-0.05, 0) is 48.0 Å². The summed E-state index contributed by atoms with van der Waals surface area (Å²) >= 11 is 0. The molecule has 43 heavy (non-hydrogen) atoms. The Balaban J connectivity index is 1.38. The number of carboxylic acid groups (broad SMARTS) is 1. The first-order valence-corrected chi connectivity index (χ1v) is 14.5. The number of pyridine rings is 1. The Labute approximate surface area is 244 Å². The van der Waals surface area contributed by atoms with E-state index in [4.69, 9.17) is 19.8 Å². The number of rotatable bonds is 7. The maximum absolute atomic E-state index is 13.3. The zero-order valence-corrected chi connectivity index (χ0v) is 23.1. The van der Waals surface area contributed by atoms with Crippen molar-refractivity contribution >= 4 is 44.6 Å². The highest BCUT2D eigenvalue weighted by atomic mass is 32.2. The molecule has 0 aliphatic carbocycles. The predicted molar refractivity (Wildman–Crippen MR) is 156 cm³/mol. The minimum atomic E-state index is -3.95. The molecule has 2 aromatic carbocycles. The van der Waals surface area contributed by atoms with Crippen molar-refractivity contribution in [2.75, 3.05) is 41.2 Å². The van der Waals surface area contributed by atoms with Crippen molar-refractivity contribution in [3.8, 4) is 22.5 Å². The third-order valence-corrected chi connectivity index (χ3v) is 7.93. The van der Waals surface area contributed by atoms with Gasteiger partial charge >= 0.3 is 6.09 Å². The van der Waals surface area contributed by atoms with Crippen LogP contribution in [0, 0.1) is 5.82 Å². The van der Waals surface area contributed by atoms with Crippen molar-refractivity contribution < 1.29 is 27.4 Å². The molecule has 0 bridgehead atoms. The lowest BCUT2D eigenvalue weighted by atomic mass is 10.1. The van der Waals surface area contributed by atoms with Gasteiger partial charge in [0.25, 0.3) is 10.0 Å². The molecular weight excluding hydrogens is 579 g/mol. The summed E-state index contributed by atoms with van der Waals surface area (Å²) in [4.78, 5) is 35.1. The number of carbonyl (C=O) groups is 1. The molecular formula is C28H23FN8O5S. The number of benzene rings is 2. The van der Waals surface area contributed by atoms with E-state index in [2.05, 4.69) is 29.9 Å². The minimum Gasteiger partial charge on any atom is -0.465 e. The molecule has 0 saturated carbocycles. The van der Waals surface area contributed by atoms with Gasteiger partial charge in [-0.1, -0.05) is 12.1 Å². The summed E-state index contributed by atoms with van der Waals surface area (Å²) in [7, 11) is -3.95. The monoisotopic (exact) mass is 602 g/mol. The number of hydrogen-bond donors (Lipinski definition) is 3. The number of nitrogens with one attached hydrogen (secondary N) is 2. The van der Waals surface area contributed by atoms with Gasteiger partial charge in [0.05, 0.1) is 29.2 Å². The van der Waals surface area contributed by atoms with Gasteiger partial charge in [-0.15, -0.1) is 0 Å². The molecule has 15 heteroatoms. The van der Waals surface area contributed by atoms with E-state index in [9.17, 15) is 17.6 Å². The Morgan fingerprint density at radius 3 is 2.35 bits per heavy atom. The molecule has 1 aliphatic rings. The van der Waals surface area contributed by atoms with Gasteiger partial charge < -0.3 is 14.7 Å². The quantitative estimate of drug-likeness (QED) is 0.246.